The third-order valence-corrected chi connectivity index (χ3v) is 2.97. The molecule has 0 radical (unpaired) electrons. The first-order valence-electron chi connectivity index (χ1n) is 6.39. The first kappa shape index (κ1) is 13.0. The van der Waals surface area contributed by atoms with E-state index in [9.17, 15) is 0 Å². The number of hydrogen-bond donors (Lipinski definition) is 1. The zero-order chi connectivity index (χ0) is 14.7. The van der Waals surface area contributed by atoms with Crippen LogP contribution in [0.2, 0.25) is 0 Å². The van der Waals surface area contributed by atoms with Gasteiger partial charge in [0.25, 0.3) is 5.89 Å². The van der Waals surface area contributed by atoms with Crippen molar-refractivity contribution in [3.05, 3.63) is 48.1 Å². The van der Waals surface area contributed by atoms with Gasteiger partial charge in [0.15, 0.2) is 11.1 Å². The second kappa shape index (κ2) is 5.55. The van der Waals surface area contributed by atoms with E-state index in [1.807, 2.05) is 31.3 Å². The lowest BCUT2D eigenvalue weighted by molar-refractivity contribution is 0.419. The number of rotatable bonds is 2. The van der Waals surface area contributed by atoms with E-state index in [-0.39, 0.29) is 0 Å². The Bertz CT molecular complexity index is 788. The minimum absolute atomic E-state index is 0.342. The van der Waals surface area contributed by atoms with Crippen LogP contribution < -0.4 is 10.1 Å². The van der Waals surface area contributed by atoms with Gasteiger partial charge in [0.05, 0.1) is 12.8 Å². The fourth-order valence-corrected chi connectivity index (χ4v) is 1.96. The second-order valence-electron chi connectivity index (χ2n) is 4.25. The zero-order valence-electron chi connectivity index (χ0n) is 11.7. The van der Waals surface area contributed by atoms with Gasteiger partial charge in [0.1, 0.15) is 5.75 Å². The molecule has 0 amide bonds. The summed E-state index contributed by atoms with van der Waals surface area (Å²) in [6.07, 6.45) is 3.39. The van der Waals surface area contributed by atoms with Crippen LogP contribution in [-0.2, 0) is 0 Å². The van der Waals surface area contributed by atoms with Gasteiger partial charge in [-0.2, -0.15) is 4.98 Å². The summed E-state index contributed by atoms with van der Waals surface area (Å²) in [5.74, 6) is 6.87. The molecule has 0 aliphatic rings. The van der Waals surface area contributed by atoms with E-state index in [0.717, 1.165) is 11.3 Å². The molecular weight excluding hydrogens is 266 g/mol. The largest absolute Gasteiger partial charge is 0.494 e. The lowest BCUT2D eigenvalue weighted by Crippen LogP contribution is -1.90. The SMILES string of the molecule is CNc1ccc(OC)c2nc(C#Cc3cccnc3)oc12. The van der Waals surface area contributed by atoms with Gasteiger partial charge in [-0.3, -0.25) is 4.98 Å². The van der Waals surface area contributed by atoms with Crippen molar-refractivity contribution in [1.82, 2.24) is 9.97 Å². The Morgan fingerprint density at radius 2 is 2.14 bits per heavy atom. The molecule has 0 saturated carbocycles. The molecule has 5 nitrogen and oxygen atoms in total. The Morgan fingerprint density at radius 3 is 2.86 bits per heavy atom. The smallest absolute Gasteiger partial charge is 0.274 e. The fourth-order valence-electron chi connectivity index (χ4n) is 1.96. The minimum atomic E-state index is 0.342. The monoisotopic (exact) mass is 279 g/mol. The van der Waals surface area contributed by atoms with E-state index in [4.69, 9.17) is 9.15 Å². The molecule has 3 rings (SSSR count). The van der Waals surface area contributed by atoms with Gasteiger partial charge < -0.3 is 14.5 Å². The summed E-state index contributed by atoms with van der Waals surface area (Å²) in [5, 5.41) is 3.06. The molecule has 21 heavy (non-hydrogen) atoms. The molecule has 5 heteroatoms. The maximum absolute atomic E-state index is 5.71. The summed E-state index contributed by atoms with van der Waals surface area (Å²) in [4.78, 5) is 8.39. The number of aromatic nitrogens is 2. The van der Waals surface area contributed by atoms with E-state index < -0.39 is 0 Å². The number of ether oxygens (including phenoxy) is 1. The predicted molar refractivity (Wildman–Crippen MR) is 80.3 cm³/mol. The molecule has 3 aromatic rings. The topological polar surface area (TPSA) is 60.2 Å². The number of nitrogens with one attached hydrogen (secondary N) is 1. The van der Waals surface area contributed by atoms with E-state index in [0.29, 0.717) is 22.7 Å². The Morgan fingerprint density at radius 1 is 1.24 bits per heavy atom. The molecule has 0 fully saturated rings. The number of pyridine rings is 1. The molecule has 0 aliphatic heterocycles. The summed E-state index contributed by atoms with van der Waals surface area (Å²) in [7, 11) is 3.42. The number of oxazole rings is 1. The molecule has 0 saturated heterocycles. The molecule has 0 unspecified atom stereocenters. The van der Waals surface area contributed by atoms with Crippen molar-refractivity contribution in [3.8, 4) is 17.6 Å². The van der Waals surface area contributed by atoms with Crippen LogP contribution in [-0.4, -0.2) is 24.1 Å². The van der Waals surface area contributed by atoms with Crippen molar-refractivity contribution >= 4 is 16.8 Å². The standard InChI is InChI=1S/C16H13N3O2/c1-17-12-6-7-13(20-2)15-16(12)21-14(19-15)8-5-11-4-3-9-18-10-11/h3-4,6-7,9-10,17H,1-2H3. The van der Waals surface area contributed by atoms with Gasteiger partial charge >= 0.3 is 0 Å². The van der Waals surface area contributed by atoms with Crippen LogP contribution in [0, 0.1) is 11.8 Å². The molecular formula is C16H13N3O2. The van der Waals surface area contributed by atoms with Crippen LogP contribution in [0.4, 0.5) is 5.69 Å². The molecule has 2 aromatic heterocycles. The van der Waals surface area contributed by atoms with Gasteiger partial charge in [-0.1, -0.05) is 5.92 Å². The molecule has 0 bridgehead atoms. The summed E-state index contributed by atoms with van der Waals surface area (Å²) in [6, 6.07) is 7.43. The van der Waals surface area contributed by atoms with E-state index in [2.05, 4.69) is 27.1 Å². The molecule has 0 aliphatic carbocycles. The number of anilines is 1. The lowest BCUT2D eigenvalue weighted by Gasteiger charge is -2.03. The molecule has 1 N–H and O–H groups in total. The van der Waals surface area contributed by atoms with Crippen LogP contribution in [0.15, 0.2) is 41.1 Å². The summed E-state index contributed by atoms with van der Waals surface area (Å²) < 4.78 is 11.0. The van der Waals surface area contributed by atoms with Gasteiger partial charge in [0.2, 0.25) is 0 Å². The number of benzene rings is 1. The van der Waals surface area contributed by atoms with Gasteiger partial charge in [-0.25, -0.2) is 0 Å². The van der Waals surface area contributed by atoms with Crippen molar-refractivity contribution in [2.45, 2.75) is 0 Å². The van der Waals surface area contributed by atoms with E-state index in [1.54, 1.807) is 19.5 Å². The molecule has 1 aromatic carbocycles. The summed E-state index contributed by atoms with van der Waals surface area (Å²) in [6.45, 7) is 0. The second-order valence-corrected chi connectivity index (χ2v) is 4.25. The third kappa shape index (κ3) is 2.51. The Kier molecular flexibility index (Phi) is 3.44. The highest BCUT2D eigenvalue weighted by molar-refractivity contribution is 5.91. The predicted octanol–water partition coefficient (Wildman–Crippen LogP) is 2.67. The zero-order valence-corrected chi connectivity index (χ0v) is 11.7. The highest BCUT2D eigenvalue weighted by Gasteiger charge is 2.13. The quantitative estimate of drug-likeness (QED) is 0.731. The number of fused-ring (bicyclic) bond motifs is 1. The molecule has 0 spiro atoms. The van der Waals surface area contributed by atoms with Crippen LogP contribution in [0.3, 0.4) is 0 Å². The van der Waals surface area contributed by atoms with Crippen LogP contribution >= 0.6 is 0 Å². The first-order valence-corrected chi connectivity index (χ1v) is 6.39. The van der Waals surface area contributed by atoms with Gasteiger partial charge in [-0.05, 0) is 30.2 Å². The van der Waals surface area contributed by atoms with Gasteiger partial charge in [0, 0.05) is 25.0 Å². The minimum Gasteiger partial charge on any atom is -0.494 e. The van der Waals surface area contributed by atoms with Crippen molar-refractivity contribution in [2.75, 3.05) is 19.5 Å². The number of nitrogens with zero attached hydrogens (tertiary/aromatic N) is 2. The number of methoxy groups -OCH3 is 1. The summed E-state index contributed by atoms with van der Waals surface area (Å²) >= 11 is 0. The van der Waals surface area contributed by atoms with E-state index >= 15 is 0 Å². The Balaban J connectivity index is 2.07. The third-order valence-electron chi connectivity index (χ3n) is 2.97. The number of hydrogen-bond acceptors (Lipinski definition) is 5. The van der Waals surface area contributed by atoms with Crippen LogP contribution in [0.5, 0.6) is 5.75 Å². The van der Waals surface area contributed by atoms with Crippen LogP contribution in [0.25, 0.3) is 11.1 Å². The highest BCUT2D eigenvalue weighted by atomic mass is 16.5. The van der Waals surface area contributed by atoms with Gasteiger partial charge in [-0.15, -0.1) is 0 Å². The summed E-state index contributed by atoms with van der Waals surface area (Å²) in [5.41, 5.74) is 2.93. The Labute approximate surface area is 122 Å². The highest BCUT2D eigenvalue weighted by Crippen LogP contribution is 2.31. The van der Waals surface area contributed by atoms with Crippen molar-refractivity contribution in [2.24, 2.45) is 0 Å². The van der Waals surface area contributed by atoms with Crippen molar-refractivity contribution in [1.29, 1.82) is 0 Å². The van der Waals surface area contributed by atoms with Crippen LogP contribution in [0.1, 0.15) is 11.5 Å². The Hall–Kier alpha value is -3.00. The average Bonchev–Trinajstić information content (AvgIpc) is 2.97. The molecule has 0 atom stereocenters. The fraction of sp³-hybridized carbons (Fsp3) is 0.125. The van der Waals surface area contributed by atoms with E-state index in [1.165, 1.54) is 0 Å². The first-order chi connectivity index (χ1) is 10.3. The molecule has 104 valence electrons. The average molecular weight is 279 g/mol. The lowest BCUT2D eigenvalue weighted by atomic mass is 10.2. The van der Waals surface area contributed by atoms with Crippen molar-refractivity contribution < 1.29 is 9.15 Å². The molecule has 2 heterocycles. The van der Waals surface area contributed by atoms with Crippen molar-refractivity contribution in [3.63, 3.8) is 0 Å². The maximum Gasteiger partial charge on any atom is 0.274 e. The maximum atomic E-state index is 5.71. The normalized spacial score (nSPS) is 10.0.